The van der Waals surface area contributed by atoms with Crippen LogP contribution in [0.4, 0.5) is 0 Å². The number of nitrogens with one attached hydrogen (secondary N) is 1. The van der Waals surface area contributed by atoms with E-state index in [4.69, 9.17) is 0 Å². The van der Waals surface area contributed by atoms with Crippen molar-refractivity contribution in [3.8, 4) is 0 Å². The Morgan fingerprint density at radius 3 is 2.67 bits per heavy atom. The number of aromatic nitrogens is 3. The molecule has 0 saturated carbocycles. The maximum Gasteiger partial charge on any atom is 0.0759 e. The maximum atomic E-state index is 4.41. The molecule has 5 heteroatoms. The number of hydrogen-bond donors (Lipinski definition) is 1. The normalized spacial score (nSPS) is 12.4. The highest BCUT2D eigenvalue weighted by Crippen LogP contribution is 2.17. The van der Waals surface area contributed by atoms with E-state index in [1.807, 2.05) is 26.4 Å². The fourth-order valence-electron chi connectivity index (χ4n) is 1.74. The largest absolute Gasteiger partial charge is 0.311 e. The van der Waals surface area contributed by atoms with Crippen LogP contribution in [0.2, 0.25) is 0 Å². The first-order valence-electron chi connectivity index (χ1n) is 5.74. The van der Waals surface area contributed by atoms with Gasteiger partial charge in [-0.3, -0.25) is 15.0 Å². The van der Waals surface area contributed by atoms with Gasteiger partial charge in [0.1, 0.15) is 0 Å². The predicted molar refractivity (Wildman–Crippen MR) is 74.2 cm³/mol. The molecule has 0 aromatic carbocycles. The van der Waals surface area contributed by atoms with Crippen LogP contribution >= 0.6 is 15.9 Å². The lowest BCUT2D eigenvalue weighted by Gasteiger charge is -2.15. The molecule has 2 aromatic rings. The van der Waals surface area contributed by atoms with Crippen molar-refractivity contribution in [2.45, 2.75) is 19.4 Å². The zero-order valence-electron chi connectivity index (χ0n) is 10.4. The second-order valence-electron chi connectivity index (χ2n) is 4.14. The molecule has 0 aliphatic carbocycles. The van der Waals surface area contributed by atoms with E-state index in [2.05, 4.69) is 42.3 Å². The molecule has 1 unspecified atom stereocenters. The van der Waals surface area contributed by atoms with Gasteiger partial charge in [0, 0.05) is 23.1 Å². The van der Waals surface area contributed by atoms with Crippen molar-refractivity contribution in [3.63, 3.8) is 0 Å². The van der Waals surface area contributed by atoms with E-state index in [1.54, 1.807) is 12.4 Å². The smallest absolute Gasteiger partial charge is 0.0759 e. The number of pyridine rings is 1. The Hall–Kier alpha value is -1.33. The molecular weight excluding hydrogens is 292 g/mol. The van der Waals surface area contributed by atoms with Crippen molar-refractivity contribution in [1.29, 1.82) is 0 Å². The van der Waals surface area contributed by atoms with Gasteiger partial charge in [0.25, 0.3) is 0 Å². The highest BCUT2D eigenvalue weighted by atomic mass is 79.9. The number of rotatable bonds is 4. The summed E-state index contributed by atoms with van der Waals surface area (Å²) in [5.74, 6) is 0. The number of likely N-dealkylation sites (N-methyl/N-ethyl adjacent to an activating group) is 1. The Balaban J connectivity index is 2.17. The minimum atomic E-state index is 0.147. The van der Waals surface area contributed by atoms with Gasteiger partial charge in [-0.1, -0.05) is 0 Å². The highest BCUT2D eigenvalue weighted by molar-refractivity contribution is 9.10. The number of hydrogen-bond acceptors (Lipinski definition) is 4. The fourth-order valence-corrected chi connectivity index (χ4v) is 2.15. The molecule has 1 N–H and O–H groups in total. The summed E-state index contributed by atoms with van der Waals surface area (Å²) in [7, 11) is 1.93. The van der Waals surface area contributed by atoms with E-state index >= 15 is 0 Å². The molecule has 0 bridgehead atoms. The van der Waals surface area contributed by atoms with Crippen molar-refractivity contribution in [1.82, 2.24) is 20.3 Å². The predicted octanol–water partition coefficient (Wildman–Crippen LogP) is 2.45. The molecule has 18 heavy (non-hydrogen) atoms. The number of aryl methyl sites for hydroxylation is 1. The molecule has 0 aliphatic heterocycles. The van der Waals surface area contributed by atoms with Gasteiger partial charge in [-0.2, -0.15) is 0 Å². The average Bonchev–Trinajstić information content (AvgIpc) is 2.37. The third-order valence-electron chi connectivity index (χ3n) is 2.71. The van der Waals surface area contributed by atoms with Crippen LogP contribution in [0.25, 0.3) is 0 Å². The highest BCUT2D eigenvalue weighted by Gasteiger charge is 2.12. The summed E-state index contributed by atoms with van der Waals surface area (Å²) in [6.45, 7) is 1.93. The molecule has 2 heterocycles. The van der Waals surface area contributed by atoms with Crippen molar-refractivity contribution in [3.05, 3.63) is 52.3 Å². The van der Waals surface area contributed by atoms with Crippen LogP contribution in [0, 0.1) is 6.92 Å². The molecule has 0 saturated heterocycles. The SMILES string of the molecule is CNC(Cc1cncc(Br)c1)c1cnc(C)cn1. The molecule has 4 nitrogen and oxygen atoms in total. The van der Waals surface area contributed by atoms with Crippen LogP contribution in [0.15, 0.2) is 35.3 Å². The second-order valence-corrected chi connectivity index (χ2v) is 5.06. The van der Waals surface area contributed by atoms with Crippen molar-refractivity contribution < 1.29 is 0 Å². The molecular formula is C13H15BrN4. The Bertz CT molecular complexity index is 513. The molecule has 2 aromatic heterocycles. The summed E-state index contributed by atoms with van der Waals surface area (Å²) in [6.07, 6.45) is 8.10. The van der Waals surface area contributed by atoms with Gasteiger partial charge in [-0.05, 0) is 48.0 Å². The van der Waals surface area contributed by atoms with Gasteiger partial charge in [-0.25, -0.2) is 0 Å². The third-order valence-corrected chi connectivity index (χ3v) is 3.14. The molecule has 1 atom stereocenters. The van der Waals surface area contributed by atoms with E-state index in [1.165, 1.54) is 0 Å². The summed E-state index contributed by atoms with van der Waals surface area (Å²) in [5, 5.41) is 3.26. The van der Waals surface area contributed by atoms with Crippen molar-refractivity contribution in [2.75, 3.05) is 7.05 Å². The van der Waals surface area contributed by atoms with Gasteiger partial charge in [0.15, 0.2) is 0 Å². The molecule has 0 amide bonds. The van der Waals surface area contributed by atoms with Gasteiger partial charge in [0.05, 0.1) is 23.6 Å². The molecule has 0 aliphatic rings. The van der Waals surface area contributed by atoms with Gasteiger partial charge < -0.3 is 5.32 Å². The van der Waals surface area contributed by atoms with Crippen LogP contribution in [0.1, 0.15) is 23.0 Å². The maximum absolute atomic E-state index is 4.41. The van der Waals surface area contributed by atoms with Gasteiger partial charge in [-0.15, -0.1) is 0 Å². The standard InChI is InChI=1S/C13H15BrN4/c1-9-5-18-13(8-17-9)12(15-2)4-10-3-11(14)7-16-6-10/h3,5-8,12,15H,4H2,1-2H3. The van der Waals surface area contributed by atoms with Crippen LogP contribution < -0.4 is 5.32 Å². The summed E-state index contributed by atoms with van der Waals surface area (Å²) in [4.78, 5) is 12.9. The van der Waals surface area contributed by atoms with Crippen LogP contribution in [-0.4, -0.2) is 22.0 Å². The minimum Gasteiger partial charge on any atom is -0.311 e. The Morgan fingerprint density at radius 1 is 1.22 bits per heavy atom. The lowest BCUT2D eigenvalue weighted by molar-refractivity contribution is 0.571. The Labute approximate surface area is 115 Å². The quantitative estimate of drug-likeness (QED) is 0.942. The summed E-state index contributed by atoms with van der Waals surface area (Å²) in [5.41, 5.74) is 3.03. The van der Waals surface area contributed by atoms with E-state index < -0.39 is 0 Å². The molecule has 0 spiro atoms. The number of halogens is 1. The van der Waals surface area contributed by atoms with E-state index in [0.29, 0.717) is 0 Å². The topological polar surface area (TPSA) is 50.7 Å². The average molecular weight is 307 g/mol. The summed E-state index contributed by atoms with van der Waals surface area (Å²) < 4.78 is 0.991. The monoisotopic (exact) mass is 306 g/mol. The Morgan fingerprint density at radius 2 is 2.06 bits per heavy atom. The lowest BCUT2D eigenvalue weighted by Crippen LogP contribution is -2.20. The van der Waals surface area contributed by atoms with Gasteiger partial charge in [0.2, 0.25) is 0 Å². The van der Waals surface area contributed by atoms with E-state index in [9.17, 15) is 0 Å². The van der Waals surface area contributed by atoms with Gasteiger partial charge >= 0.3 is 0 Å². The first-order chi connectivity index (χ1) is 8.69. The molecule has 2 rings (SSSR count). The van der Waals surface area contributed by atoms with Crippen LogP contribution in [0.5, 0.6) is 0 Å². The lowest BCUT2D eigenvalue weighted by atomic mass is 10.1. The van der Waals surface area contributed by atoms with Crippen molar-refractivity contribution in [2.24, 2.45) is 0 Å². The third kappa shape index (κ3) is 3.34. The summed E-state index contributed by atoms with van der Waals surface area (Å²) in [6, 6.07) is 2.22. The molecule has 0 radical (unpaired) electrons. The zero-order valence-corrected chi connectivity index (χ0v) is 12.0. The number of nitrogens with zero attached hydrogens (tertiary/aromatic N) is 3. The van der Waals surface area contributed by atoms with E-state index in [0.717, 1.165) is 27.8 Å². The molecule has 94 valence electrons. The van der Waals surface area contributed by atoms with E-state index in [-0.39, 0.29) is 6.04 Å². The van der Waals surface area contributed by atoms with Crippen molar-refractivity contribution >= 4 is 15.9 Å². The second kappa shape index (κ2) is 6.02. The van der Waals surface area contributed by atoms with Crippen LogP contribution in [0.3, 0.4) is 0 Å². The minimum absolute atomic E-state index is 0.147. The van der Waals surface area contributed by atoms with Crippen LogP contribution in [-0.2, 0) is 6.42 Å². The zero-order chi connectivity index (χ0) is 13.0. The summed E-state index contributed by atoms with van der Waals surface area (Å²) >= 11 is 3.43. The fraction of sp³-hybridized carbons (Fsp3) is 0.308. The Kier molecular flexibility index (Phi) is 4.38. The first-order valence-corrected chi connectivity index (χ1v) is 6.53. The molecule has 0 fully saturated rings. The first kappa shape index (κ1) is 13.1.